The van der Waals surface area contributed by atoms with Crippen LogP contribution in [0, 0.1) is 0 Å². The maximum Gasteiger partial charge on any atom is 0.144 e. The van der Waals surface area contributed by atoms with Crippen LogP contribution in [0.3, 0.4) is 0 Å². The summed E-state index contributed by atoms with van der Waals surface area (Å²) in [4.78, 5) is 9.49. The van der Waals surface area contributed by atoms with Crippen molar-refractivity contribution in [3.8, 4) is 0 Å². The molecule has 4 heteroatoms. The smallest absolute Gasteiger partial charge is 0.144 e. The molecule has 1 aliphatic carbocycles. The Morgan fingerprint density at radius 1 is 1.25 bits per heavy atom. The van der Waals surface area contributed by atoms with E-state index in [4.69, 9.17) is 4.98 Å². The lowest BCUT2D eigenvalue weighted by atomic mass is 9.77. The molecule has 1 unspecified atom stereocenters. The third kappa shape index (κ3) is 2.12. The van der Waals surface area contributed by atoms with Crippen LogP contribution in [0.4, 0.5) is 5.82 Å². The van der Waals surface area contributed by atoms with E-state index >= 15 is 0 Å². The molecular weight excluding hydrogens is 314 g/mol. The molecule has 1 atom stereocenters. The summed E-state index contributed by atoms with van der Waals surface area (Å²) in [6, 6.07) is 8.55. The second kappa shape index (κ2) is 5.17. The molecule has 0 fully saturated rings. The van der Waals surface area contributed by atoms with Crippen LogP contribution < -0.4 is 5.32 Å². The number of benzene rings is 1. The number of nitrogens with one attached hydrogen (secondary N) is 1. The number of rotatable bonds is 3. The highest BCUT2D eigenvalue weighted by molar-refractivity contribution is 9.10. The molecule has 1 N–H and O–H groups in total. The Labute approximate surface area is 128 Å². The third-order valence-corrected chi connectivity index (χ3v) is 4.63. The molecule has 20 heavy (non-hydrogen) atoms. The lowest BCUT2D eigenvalue weighted by Gasteiger charge is -2.29. The zero-order chi connectivity index (χ0) is 14.3. The highest BCUT2D eigenvalue weighted by atomic mass is 79.9. The standard InChI is InChI=1S/C16H18BrN3/c1-9(2)14-13(17)16(18-3)20-15(19-14)12-8-10-6-4-5-7-11(10)12/h4-7,9,12H,8H2,1-3H3,(H,18,19,20). The zero-order valence-electron chi connectivity index (χ0n) is 11.9. The fourth-order valence-electron chi connectivity index (χ4n) is 2.68. The summed E-state index contributed by atoms with van der Waals surface area (Å²) in [6.07, 6.45) is 1.04. The third-order valence-electron chi connectivity index (χ3n) is 3.84. The number of hydrogen-bond donors (Lipinski definition) is 1. The Bertz CT molecular complexity index is 652. The molecule has 1 aromatic carbocycles. The summed E-state index contributed by atoms with van der Waals surface area (Å²) in [5, 5.41) is 3.16. The predicted octanol–water partition coefficient (Wildman–Crippen LogP) is 4.09. The van der Waals surface area contributed by atoms with E-state index in [0.29, 0.717) is 11.8 Å². The Morgan fingerprint density at radius 2 is 2.00 bits per heavy atom. The molecule has 0 saturated heterocycles. The van der Waals surface area contributed by atoms with Crippen LogP contribution in [0.15, 0.2) is 28.7 Å². The second-order valence-electron chi connectivity index (χ2n) is 5.49. The Morgan fingerprint density at radius 3 is 2.65 bits per heavy atom. The van der Waals surface area contributed by atoms with Gasteiger partial charge in [-0.3, -0.25) is 0 Å². The molecule has 0 amide bonds. The van der Waals surface area contributed by atoms with Gasteiger partial charge in [0.2, 0.25) is 0 Å². The SMILES string of the molecule is CNc1nc(C2Cc3ccccc32)nc(C(C)C)c1Br. The van der Waals surface area contributed by atoms with Crippen molar-refractivity contribution in [1.82, 2.24) is 9.97 Å². The van der Waals surface area contributed by atoms with Crippen molar-refractivity contribution in [3.63, 3.8) is 0 Å². The average Bonchev–Trinajstić information content (AvgIpc) is 2.41. The number of fused-ring (bicyclic) bond motifs is 1. The Balaban J connectivity index is 2.06. The van der Waals surface area contributed by atoms with Gasteiger partial charge in [0.1, 0.15) is 11.6 Å². The summed E-state index contributed by atoms with van der Waals surface area (Å²) < 4.78 is 0.978. The molecule has 1 aromatic heterocycles. The fourth-order valence-corrected chi connectivity index (χ4v) is 3.51. The predicted molar refractivity (Wildman–Crippen MR) is 85.4 cm³/mol. The Hall–Kier alpha value is -1.42. The van der Waals surface area contributed by atoms with Crippen molar-refractivity contribution in [2.45, 2.75) is 32.1 Å². The first-order valence-electron chi connectivity index (χ1n) is 6.94. The van der Waals surface area contributed by atoms with Crippen molar-refractivity contribution in [1.29, 1.82) is 0 Å². The molecule has 0 bridgehead atoms. The van der Waals surface area contributed by atoms with E-state index in [1.807, 2.05) is 7.05 Å². The van der Waals surface area contributed by atoms with E-state index in [0.717, 1.165) is 28.2 Å². The average molecular weight is 332 g/mol. The van der Waals surface area contributed by atoms with Gasteiger partial charge in [-0.1, -0.05) is 38.1 Å². The van der Waals surface area contributed by atoms with E-state index in [9.17, 15) is 0 Å². The molecule has 1 aliphatic rings. The van der Waals surface area contributed by atoms with Crippen molar-refractivity contribution >= 4 is 21.7 Å². The Kier molecular flexibility index (Phi) is 3.50. The molecule has 0 aliphatic heterocycles. The van der Waals surface area contributed by atoms with Crippen LogP contribution in [0.2, 0.25) is 0 Å². The van der Waals surface area contributed by atoms with Crippen molar-refractivity contribution in [2.75, 3.05) is 12.4 Å². The van der Waals surface area contributed by atoms with Gasteiger partial charge in [-0.25, -0.2) is 9.97 Å². The quantitative estimate of drug-likeness (QED) is 0.920. The first-order valence-corrected chi connectivity index (χ1v) is 7.74. The molecule has 3 rings (SSSR count). The van der Waals surface area contributed by atoms with Crippen LogP contribution >= 0.6 is 15.9 Å². The van der Waals surface area contributed by atoms with Gasteiger partial charge in [0.05, 0.1) is 10.2 Å². The van der Waals surface area contributed by atoms with E-state index in [2.05, 4.69) is 64.3 Å². The summed E-state index contributed by atoms with van der Waals surface area (Å²) in [5.74, 6) is 2.51. The molecular formula is C16H18BrN3. The lowest BCUT2D eigenvalue weighted by molar-refractivity contribution is 0.646. The van der Waals surface area contributed by atoms with Gasteiger partial charge in [0, 0.05) is 13.0 Å². The maximum absolute atomic E-state index is 4.80. The molecule has 104 valence electrons. The van der Waals surface area contributed by atoms with E-state index in [-0.39, 0.29) is 0 Å². The summed E-state index contributed by atoms with van der Waals surface area (Å²) in [5.41, 5.74) is 3.86. The van der Waals surface area contributed by atoms with Gasteiger partial charge in [0.15, 0.2) is 0 Å². The minimum atomic E-state index is 0.337. The minimum Gasteiger partial charge on any atom is -0.372 e. The molecule has 2 aromatic rings. The topological polar surface area (TPSA) is 37.8 Å². The van der Waals surface area contributed by atoms with Crippen LogP contribution in [0.1, 0.15) is 48.3 Å². The molecule has 3 nitrogen and oxygen atoms in total. The van der Waals surface area contributed by atoms with Crippen molar-refractivity contribution in [2.24, 2.45) is 0 Å². The van der Waals surface area contributed by atoms with E-state index in [1.165, 1.54) is 11.1 Å². The van der Waals surface area contributed by atoms with Gasteiger partial charge in [-0.15, -0.1) is 0 Å². The van der Waals surface area contributed by atoms with Crippen molar-refractivity contribution < 1.29 is 0 Å². The first-order chi connectivity index (χ1) is 9.61. The number of nitrogens with zero attached hydrogens (tertiary/aromatic N) is 2. The van der Waals surface area contributed by atoms with Crippen LogP contribution in [-0.2, 0) is 6.42 Å². The molecule has 0 radical (unpaired) electrons. The first kappa shape index (κ1) is 13.6. The van der Waals surface area contributed by atoms with Crippen LogP contribution in [0.5, 0.6) is 0 Å². The van der Waals surface area contributed by atoms with Crippen LogP contribution in [0.25, 0.3) is 0 Å². The molecule has 0 saturated carbocycles. The summed E-state index contributed by atoms with van der Waals surface area (Å²) >= 11 is 3.61. The van der Waals surface area contributed by atoms with Gasteiger partial charge in [-0.2, -0.15) is 0 Å². The monoisotopic (exact) mass is 331 g/mol. The van der Waals surface area contributed by atoms with E-state index in [1.54, 1.807) is 0 Å². The number of hydrogen-bond acceptors (Lipinski definition) is 3. The highest BCUT2D eigenvalue weighted by Gasteiger charge is 2.30. The number of halogens is 1. The van der Waals surface area contributed by atoms with Crippen molar-refractivity contribution in [3.05, 3.63) is 51.4 Å². The van der Waals surface area contributed by atoms with Gasteiger partial charge >= 0.3 is 0 Å². The number of anilines is 1. The highest BCUT2D eigenvalue weighted by Crippen LogP contribution is 2.40. The maximum atomic E-state index is 4.80. The zero-order valence-corrected chi connectivity index (χ0v) is 13.5. The van der Waals surface area contributed by atoms with Gasteiger partial charge < -0.3 is 5.32 Å². The fraction of sp³-hybridized carbons (Fsp3) is 0.375. The summed E-state index contributed by atoms with van der Waals surface area (Å²) in [7, 11) is 1.90. The second-order valence-corrected chi connectivity index (χ2v) is 6.28. The lowest BCUT2D eigenvalue weighted by Crippen LogP contribution is -2.21. The summed E-state index contributed by atoms with van der Waals surface area (Å²) in [6.45, 7) is 4.32. The van der Waals surface area contributed by atoms with Gasteiger partial charge in [-0.05, 0) is 39.4 Å². The number of aromatic nitrogens is 2. The normalized spacial score (nSPS) is 16.8. The molecule has 0 spiro atoms. The van der Waals surface area contributed by atoms with E-state index < -0.39 is 0 Å². The minimum absolute atomic E-state index is 0.337. The molecule has 1 heterocycles. The van der Waals surface area contributed by atoms with Gasteiger partial charge in [0.25, 0.3) is 0 Å². The van der Waals surface area contributed by atoms with Crippen LogP contribution in [-0.4, -0.2) is 17.0 Å². The largest absolute Gasteiger partial charge is 0.372 e.